The maximum Gasteiger partial charge on any atom is 0.358 e. The van der Waals surface area contributed by atoms with Gasteiger partial charge in [-0.2, -0.15) is 5.10 Å². The Hall–Kier alpha value is -2.22. The van der Waals surface area contributed by atoms with Gasteiger partial charge in [-0.3, -0.25) is 9.48 Å². The second kappa shape index (κ2) is 6.98. The highest BCUT2D eigenvalue weighted by molar-refractivity contribution is 7.17. The fraction of sp³-hybridized carbons (Fsp3) is 0.385. The van der Waals surface area contributed by atoms with Crippen molar-refractivity contribution in [2.45, 2.75) is 19.9 Å². The summed E-state index contributed by atoms with van der Waals surface area (Å²) in [7, 11) is 1.27. The van der Waals surface area contributed by atoms with Crippen LogP contribution in [0.2, 0.25) is 0 Å². The third kappa shape index (κ3) is 3.88. The lowest BCUT2D eigenvalue weighted by Crippen LogP contribution is -2.08. The number of ether oxygens (including phenoxy) is 1. The van der Waals surface area contributed by atoms with E-state index in [0.29, 0.717) is 16.6 Å². The number of aryl methyl sites for hydroxylation is 1. The molecule has 1 N–H and O–H groups in total. The monoisotopic (exact) mass is 308 g/mol. The molecule has 0 saturated carbocycles. The average molecular weight is 308 g/mol. The van der Waals surface area contributed by atoms with Crippen molar-refractivity contribution in [3.05, 3.63) is 29.0 Å². The third-order valence-corrected chi connectivity index (χ3v) is 3.84. The summed E-state index contributed by atoms with van der Waals surface area (Å²) in [5.74, 6) is -0.793. The van der Waals surface area contributed by atoms with Gasteiger partial charge in [-0.15, -0.1) is 0 Å². The molecule has 8 heteroatoms. The number of carbonyl (C=O) groups is 2. The van der Waals surface area contributed by atoms with Crippen molar-refractivity contribution < 1.29 is 14.3 Å². The maximum absolute atomic E-state index is 11.6. The minimum absolute atomic E-state index is 0.0737. The molecule has 2 rings (SSSR count). The molecule has 0 spiro atoms. The van der Waals surface area contributed by atoms with Gasteiger partial charge in [-0.25, -0.2) is 9.78 Å². The van der Waals surface area contributed by atoms with E-state index in [4.69, 9.17) is 0 Å². The Bertz CT molecular complexity index is 621. The molecular formula is C13H16N4O3S. The van der Waals surface area contributed by atoms with Crippen LogP contribution in [-0.2, 0) is 11.3 Å². The first kappa shape index (κ1) is 15.2. The number of esters is 1. The van der Waals surface area contributed by atoms with Crippen LogP contribution >= 0.6 is 11.3 Å². The largest absolute Gasteiger partial charge is 0.464 e. The lowest BCUT2D eigenvalue weighted by Gasteiger charge is -2.02. The number of hydrogen-bond acceptors (Lipinski definition) is 7. The number of hydrogen-bond donors (Lipinski definition) is 1. The molecule has 0 amide bonds. The Labute approximate surface area is 125 Å². The topological polar surface area (TPSA) is 86.1 Å². The number of ketones is 1. The number of methoxy groups -OCH3 is 1. The fourth-order valence-corrected chi connectivity index (χ4v) is 2.61. The van der Waals surface area contributed by atoms with E-state index in [1.165, 1.54) is 14.0 Å². The van der Waals surface area contributed by atoms with Crippen LogP contribution in [-0.4, -0.2) is 40.2 Å². The van der Waals surface area contributed by atoms with Gasteiger partial charge in [-0.05, 0) is 12.5 Å². The average Bonchev–Trinajstić information content (AvgIpc) is 3.12. The second-order valence-corrected chi connectivity index (χ2v) is 5.29. The molecule has 0 bridgehead atoms. The Morgan fingerprint density at radius 1 is 1.48 bits per heavy atom. The summed E-state index contributed by atoms with van der Waals surface area (Å²) in [4.78, 5) is 27.5. The Morgan fingerprint density at radius 3 is 2.90 bits per heavy atom. The molecule has 0 saturated heterocycles. The number of nitrogens with one attached hydrogen (secondary N) is 1. The molecule has 0 unspecified atom stereocenters. The first-order valence-corrected chi connectivity index (χ1v) is 7.25. The van der Waals surface area contributed by atoms with Crippen LogP contribution < -0.4 is 5.32 Å². The van der Waals surface area contributed by atoms with Crippen molar-refractivity contribution in [2.24, 2.45) is 0 Å². The summed E-state index contributed by atoms with van der Waals surface area (Å²) < 4.78 is 6.47. The van der Waals surface area contributed by atoms with Gasteiger partial charge in [-0.1, -0.05) is 11.3 Å². The Morgan fingerprint density at radius 2 is 2.29 bits per heavy atom. The molecule has 0 aliphatic heterocycles. The predicted octanol–water partition coefficient (Wildman–Crippen LogP) is 1.83. The predicted molar refractivity (Wildman–Crippen MR) is 78.8 cm³/mol. The van der Waals surface area contributed by atoms with Crippen LogP contribution in [0, 0.1) is 0 Å². The molecule has 0 aliphatic carbocycles. The number of thiazole rings is 1. The zero-order valence-electron chi connectivity index (χ0n) is 11.8. The number of rotatable bonds is 7. The second-order valence-electron chi connectivity index (χ2n) is 4.29. The Kier molecular flexibility index (Phi) is 5.04. The van der Waals surface area contributed by atoms with Crippen LogP contribution in [0.25, 0.3) is 0 Å². The van der Waals surface area contributed by atoms with Crippen LogP contribution in [0.1, 0.15) is 33.5 Å². The van der Waals surface area contributed by atoms with Crippen LogP contribution in [0.4, 0.5) is 5.13 Å². The number of nitrogens with zero attached hydrogens (tertiary/aromatic N) is 3. The minimum Gasteiger partial charge on any atom is -0.464 e. The lowest BCUT2D eigenvalue weighted by atomic mass is 10.3. The number of Topliss-reactive ketones (excluding diaryl/α,β-unsaturated/α-hetero) is 1. The highest BCUT2D eigenvalue weighted by Gasteiger charge is 2.21. The van der Waals surface area contributed by atoms with Crippen molar-refractivity contribution >= 4 is 28.2 Å². The molecule has 2 heterocycles. The number of aromatic nitrogens is 3. The number of carbonyl (C=O) groups excluding carboxylic acids is 2. The van der Waals surface area contributed by atoms with Crippen LogP contribution in [0.15, 0.2) is 18.5 Å². The summed E-state index contributed by atoms with van der Waals surface area (Å²) in [5.41, 5.74) is 0.0737. The molecule has 2 aromatic heterocycles. The van der Waals surface area contributed by atoms with E-state index in [0.717, 1.165) is 24.3 Å². The van der Waals surface area contributed by atoms with E-state index in [-0.39, 0.29) is 11.5 Å². The van der Waals surface area contributed by atoms with Crippen LogP contribution in [0.5, 0.6) is 0 Å². The van der Waals surface area contributed by atoms with E-state index in [2.05, 4.69) is 20.1 Å². The van der Waals surface area contributed by atoms with E-state index in [9.17, 15) is 9.59 Å². The van der Waals surface area contributed by atoms with Gasteiger partial charge in [0.2, 0.25) is 0 Å². The maximum atomic E-state index is 11.6. The van der Waals surface area contributed by atoms with E-state index < -0.39 is 5.97 Å². The normalized spacial score (nSPS) is 10.4. The van der Waals surface area contributed by atoms with Gasteiger partial charge in [0.05, 0.1) is 7.11 Å². The van der Waals surface area contributed by atoms with Gasteiger partial charge in [0, 0.05) is 32.4 Å². The molecule has 0 fully saturated rings. The van der Waals surface area contributed by atoms with Gasteiger partial charge < -0.3 is 10.1 Å². The first-order valence-electron chi connectivity index (χ1n) is 6.43. The van der Waals surface area contributed by atoms with Gasteiger partial charge >= 0.3 is 5.97 Å². The standard InChI is InChI=1S/C13H16N4O3S/c1-9(18)11-10(12(19)20-2)16-13(21-11)14-5-3-7-17-8-4-6-15-17/h4,6,8H,3,5,7H2,1-2H3,(H,14,16). The quantitative estimate of drug-likeness (QED) is 0.477. The molecule has 0 aliphatic rings. The zero-order valence-corrected chi connectivity index (χ0v) is 12.6. The van der Waals surface area contributed by atoms with E-state index >= 15 is 0 Å². The van der Waals surface area contributed by atoms with Crippen molar-refractivity contribution in [3.63, 3.8) is 0 Å². The zero-order chi connectivity index (χ0) is 15.2. The van der Waals surface area contributed by atoms with Gasteiger partial charge in [0.25, 0.3) is 0 Å². The van der Waals surface area contributed by atoms with Crippen molar-refractivity contribution in [1.29, 1.82) is 0 Å². The molecular weight excluding hydrogens is 292 g/mol. The Balaban J connectivity index is 1.94. The molecule has 7 nitrogen and oxygen atoms in total. The molecule has 0 aromatic carbocycles. The van der Waals surface area contributed by atoms with Crippen molar-refractivity contribution in [1.82, 2.24) is 14.8 Å². The van der Waals surface area contributed by atoms with Crippen LogP contribution in [0.3, 0.4) is 0 Å². The lowest BCUT2D eigenvalue weighted by molar-refractivity contribution is 0.0591. The summed E-state index contributed by atoms with van der Waals surface area (Å²) in [5, 5.41) is 7.76. The van der Waals surface area contributed by atoms with E-state index in [1.807, 2.05) is 16.9 Å². The van der Waals surface area contributed by atoms with Gasteiger partial charge in [0.15, 0.2) is 16.6 Å². The molecule has 21 heavy (non-hydrogen) atoms. The molecule has 0 radical (unpaired) electrons. The van der Waals surface area contributed by atoms with Crippen molar-refractivity contribution in [3.8, 4) is 0 Å². The van der Waals surface area contributed by atoms with Gasteiger partial charge in [0.1, 0.15) is 4.88 Å². The summed E-state index contributed by atoms with van der Waals surface area (Å²) >= 11 is 1.16. The highest BCUT2D eigenvalue weighted by Crippen LogP contribution is 2.24. The fourth-order valence-electron chi connectivity index (χ4n) is 1.74. The molecule has 0 atom stereocenters. The van der Waals surface area contributed by atoms with Crippen molar-refractivity contribution in [2.75, 3.05) is 19.0 Å². The summed E-state index contributed by atoms with van der Waals surface area (Å²) in [6.07, 6.45) is 4.48. The summed E-state index contributed by atoms with van der Waals surface area (Å²) in [6.45, 7) is 2.86. The number of anilines is 1. The first-order chi connectivity index (χ1) is 10.1. The molecule has 112 valence electrons. The SMILES string of the molecule is COC(=O)c1nc(NCCCn2cccn2)sc1C(C)=O. The highest BCUT2D eigenvalue weighted by atomic mass is 32.1. The molecule has 2 aromatic rings. The van der Waals surface area contributed by atoms with E-state index in [1.54, 1.807) is 6.20 Å². The minimum atomic E-state index is -0.596. The summed E-state index contributed by atoms with van der Waals surface area (Å²) in [6, 6.07) is 1.87. The third-order valence-electron chi connectivity index (χ3n) is 2.73. The smallest absolute Gasteiger partial charge is 0.358 e.